The molecule has 1 aromatic heterocycles. The number of amides is 1. The van der Waals surface area contributed by atoms with E-state index in [0.29, 0.717) is 22.6 Å². The molecule has 3 rings (SSSR count). The van der Waals surface area contributed by atoms with Crippen LogP contribution in [-0.2, 0) is 0 Å². The minimum atomic E-state index is -0.291. The van der Waals surface area contributed by atoms with Crippen molar-refractivity contribution in [1.82, 2.24) is 10.4 Å². The number of carbonyl (C=O) groups excluding carboxylic acids is 1. The maximum atomic E-state index is 12.3. The van der Waals surface area contributed by atoms with E-state index in [1.807, 2.05) is 30.3 Å². The van der Waals surface area contributed by atoms with Crippen LogP contribution < -0.4 is 14.9 Å². The molecule has 1 heterocycles. The average Bonchev–Trinajstić information content (AvgIpc) is 3.09. The summed E-state index contributed by atoms with van der Waals surface area (Å²) in [6.45, 7) is 0. The van der Waals surface area contributed by atoms with Gasteiger partial charge in [-0.2, -0.15) is 5.10 Å². The molecule has 122 valence electrons. The normalized spacial score (nSPS) is 10.9. The monoisotopic (exact) mass is 323 g/mol. The largest absolute Gasteiger partial charge is 0.493 e. The first-order valence-electron chi connectivity index (χ1n) is 7.35. The first-order chi connectivity index (χ1) is 11.7. The molecule has 6 heteroatoms. The summed E-state index contributed by atoms with van der Waals surface area (Å²) in [7, 11) is 3.12. The molecule has 3 aromatic rings. The summed E-state index contributed by atoms with van der Waals surface area (Å²) >= 11 is 0. The molecule has 2 aromatic carbocycles. The zero-order valence-corrected chi connectivity index (χ0v) is 13.4. The van der Waals surface area contributed by atoms with Gasteiger partial charge >= 0.3 is 0 Å². The summed E-state index contributed by atoms with van der Waals surface area (Å²) in [6, 6.07) is 12.9. The molecule has 1 amide bonds. The number of para-hydroxylation sites is 2. The highest BCUT2D eigenvalue weighted by Gasteiger charge is 2.10. The Hall–Kier alpha value is -3.28. The molecular formula is C18H17N3O3. The van der Waals surface area contributed by atoms with Gasteiger partial charge in [-0.3, -0.25) is 4.79 Å². The molecule has 0 spiro atoms. The molecular weight excluding hydrogens is 306 g/mol. The topological polar surface area (TPSA) is 75.7 Å². The van der Waals surface area contributed by atoms with E-state index in [2.05, 4.69) is 15.5 Å². The lowest BCUT2D eigenvalue weighted by Gasteiger charge is -2.09. The number of H-pyrrole nitrogens is 1. The number of carbonyl (C=O) groups is 1. The lowest BCUT2D eigenvalue weighted by atomic mass is 10.1. The molecule has 0 aliphatic rings. The minimum absolute atomic E-state index is 0.291. The number of benzene rings is 2. The van der Waals surface area contributed by atoms with Crippen molar-refractivity contribution in [2.24, 2.45) is 5.10 Å². The molecule has 0 saturated carbocycles. The van der Waals surface area contributed by atoms with E-state index in [9.17, 15) is 4.79 Å². The van der Waals surface area contributed by atoms with Crippen molar-refractivity contribution in [3.05, 3.63) is 59.8 Å². The van der Waals surface area contributed by atoms with Crippen molar-refractivity contribution in [3.8, 4) is 11.5 Å². The number of hydrogen-bond donors (Lipinski definition) is 2. The predicted octanol–water partition coefficient (Wildman–Crippen LogP) is 2.95. The van der Waals surface area contributed by atoms with Gasteiger partial charge in [0, 0.05) is 17.1 Å². The highest BCUT2D eigenvalue weighted by molar-refractivity contribution is 6.05. The van der Waals surface area contributed by atoms with Gasteiger partial charge in [-0.1, -0.05) is 18.2 Å². The number of hydrogen-bond acceptors (Lipinski definition) is 4. The summed E-state index contributed by atoms with van der Waals surface area (Å²) < 4.78 is 10.6. The summed E-state index contributed by atoms with van der Waals surface area (Å²) in [4.78, 5) is 15.4. The SMILES string of the molecule is COc1cccc(/C=N\NC(=O)c2cccc3cc[nH]c23)c1OC. The molecule has 0 aliphatic heterocycles. The van der Waals surface area contributed by atoms with Gasteiger partial charge in [0.05, 0.1) is 31.5 Å². The summed E-state index contributed by atoms with van der Waals surface area (Å²) in [6.07, 6.45) is 3.32. The zero-order valence-electron chi connectivity index (χ0n) is 13.4. The Morgan fingerprint density at radius 3 is 2.75 bits per heavy atom. The van der Waals surface area contributed by atoms with Crippen LogP contribution in [0, 0.1) is 0 Å². The number of methoxy groups -OCH3 is 2. The summed E-state index contributed by atoms with van der Waals surface area (Å²) in [5.41, 5.74) is 4.55. The third-order valence-electron chi connectivity index (χ3n) is 3.64. The smallest absolute Gasteiger partial charge is 0.273 e. The van der Waals surface area contributed by atoms with E-state index < -0.39 is 0 Å². The van der Waals surface area contributed by atoms with E-state index in [1.54, 1.807) is 32.5 Å². The predicted molar refractivity (Wildman–Crippen MR) is 92.9 cm³/mol. The van der Waals surface area contributed by atoms with E-state index in [4.69, 9.17) is 9.47 Å². The second kappa shape index (κ2) is 6.87. The van der Waals surface area contributed by atoms with Crippen molar-refractivity contribution in [3.63, 3.8) is 0 Å². The van der Waals surface area contributed by atoms with Crippen LogP contribution in [0.3, 0.4) is 0 Å². The number of rotatable bonds is 5. The highest BCUT2D eigenvalue weighted by Crippen LogP contribution is 2.29. The van der Waals surface area contributed by atoms with Gasteiger partial charge in [0.25, 0.3) is 5.91 Å². The number of aromatic amines is 1. The van der Waals surface area contributed by atoms with Gasteiger partial charge in [0.2, 0.25) is 0 Å². The first-order valence-corrected chi connectivity index (χ1v) is 7.35. The molecule has 0 radical (unpaired) electrons. The Bertz CT molecular complexity index is 899. The number of nitrogens with zero attached hydrogens (tertiary/aromatic N) is 1. The van der Waals surface area contributed by atoms with Crippen LogP contribution >= 0.6 is 0 Å². The number of ether oxygens (including phenoxy) is 2. The Balaban J connectivity index is 1.80. The third kappa shape index (κ3) is 2.94. The second-order valence-corrected chi connectivity index (χ2v) is 5.03. The Kier molecular flexibility index (Phi) is 4.47. The molecule has 0 aliphatic carbocycles. The van der Waals surface area contributed by atoms with Crippen molar-refractivity contribution < 1.29 is 14.3 Å². The van der Waals surface area contributed by atoms with Crippen LogP contribution in [0.25, 0.3) is 10.9 Å². The molecule has 6 nitrogen and oxygen atoms in total. The fourth-order valence-electron chi connectivity index (χ4n) is 2.51. The Morgan fingerprint density at radius 1 is 1.12 bits per heavy atom. The number of hydrazone groups is 1. The van der Waals surface area contributed by atoms with E-state index >= 15 is 0 Å². The van der Waals surface area contributed by atoms with Gasteiger partial charge in [0.15, 0.2) is 11.5 Å². The molecule has 0 bridgehead atoms. The second-order valence-electron chi connectivity index (χ2n) is 5.03. The molecule has 0 unspecified atom stereocenters. The van der Waals surface area contributed by atoms with Crippen LogP contribution in [-0.4, -0.2) is 31.3 Å². The maximum absolute atomic E-state index is 12.3. The molecule has 0 saturated heterocycles. The number of fused-ring (bicyclic) bond motifs is 1. The standard InChI is InChI=1S/C18H17N3O3/c1-23-15-8-4-6-13(17(15)24-2)11-20-21-18(22)14-7-3-5-12-9-10-19-16(12)14/h3-11,19H,1-2H3,(H,21,22)/b20-11-. The Labute approximate surface area is 139 Å². The summed E-state index contributed by atoms with van der Waals surface area (Å²) in [5, 5.41) is 4.99. The lowest BCUT2D eigenvalue weighted by molar-refractivity contribution is 0.0956. The van der Waals surface area contributed by atoms with Gasteiger partial charge in [-0.15, -0.1) is 0 Å². The van der Waals surface area contributed by atoms with Crippen LogP contribution in [0.2, 0.25) is 0 Å². The fourth-order valence-corrected chi connectivity index (χ4v) is 2.51. The maximum Gasteiger partial charge on any atom is 0.273 e. The first kappa shape index (κ1) is 15.6. The Morgan fingerprint density at radius 2 is 1.96 bits per heavy atom. The van der Waals surface area contributed by atoms with Gasteiger partial charge < -0.3 is 14.5 Å². The van der Waals surface area contributed by atoms with Gasteiger partial charge in [0.1, 0.15) is 0 Å². The van der Waals surface area contributed by atoms with Crippen LogP contribution in [0.1, 0.15) is 15.9 Å². The van der Waals surface area contributed by atoms with Gasteiger partial charge in [-0.05, 0) is 24.3 Å². The van der Waals surface area contributed by atoms with Crippen molar-refractivity contribution in [2.75, 3.05) is 14.2 Å². The van der Waals surface area contributed by atoms with Crippen LogP contribution in [0.15, 0.2) is 53.8 Å². The van der Waals surface area contributed by atoms with E-state index in [1.165, 1.54) is 6.21 Å². The quantitative estimate of drug-likeness (QED) is 0.560. The number of nitrogens with one attached hydrogen (secondary N) is 2. The molecule has 0 atom stereocenters. The number of aromatic nitrogens is 1. The third-order valence-corrected chi connectivity index (χ3v) is 3.64. The highest BCUT2D eigenvalue weighted by atomic mass is 16.5. The average molecular weight is 323 g/mol. The van der Waals surface area contributed by atoms with Crippen molar-refractivity contribution in [1.29, 1.82) is 0 Å². The van der Waals surface area contributed by atoms with Crippen LogP contribution in [0.5, 0.6) is 11.5 Å². The van der Waals surface area contributed by atoms with E-state index in [-0.39, 0.29) is 5.91 Å². The van der Waals surface area contributed by atoms with Crippen molar-refractivity contribution >= 4 is 23.0 Å². The van der Waals surface area contributed by atoms with E-state index in [0.717, 1.165) is 10.9 Å². The minimum Gasteiger partial charge on any atom is -0.493 e. The van der Waals surface area contributed by atoms with Crippen molar-refractivity contribution in [2.45, 2.75) is 0 Å². The molecule has 24 heavy (non-hydrogen) atoms. The zero-order chi connectivity index (χ0) is 16.9. The lowest BCUT2D eigenvalue weighted by Crippen LogP contribution is -2.18. The summed E-state index contributed by atoms with van der Waals surface area (Å²) in [5.74, 6) is 0.870. The van der Waals surface area contributed by atoms with Crippen LogP contribution in [0.4, 0.5) is 0 Å². The van der Waals surface area contributed by atoms with Gasteiger partial charge in [-0.25, -0.2) is 5.43 Å². The molecule has 2 N–H and O–H groups in total. The molecule has 0 fully saturated rings. The fraction of sp³-hybridized carbons (Fsp3) is 0.111.